The number of pyridine rings is 1. The zero-order chi connectivity index (χ0) is 43.1. The lowest BCUT2D eigenvalue weighted by Crippen LogP contribution is -2.50. The molecular formula is C39H34ClF10N7OS. The van der Waals surface area contributed by atoms with Crippen molar-refractivity contribution in [3.05, 3.63) is 76.1 Å². The molecule has 1 amide bonds. The molecule has 2 aromatic heterocycles. The van der Waals surface area contributed by atoms with Crippen molar-refractivity contribution < 1.29 is 48.7 Å². The Hall–Kier alpha value is -4.70. The summed E-state index contributed by atoms with van der Waals surface area (Å²) in [4.78, 5) is 18.7. The van der Waals surface area contributed by atoms with Crippen molar-refractivity contribution >= 4 is 51.7 Å². The van der Waals surface area contributed by atoms with Gasteiger partial charge in [-0.1, -0.05) is 30.5 Å². The number of aromatic nitrogens is 3. The van der Waals surface area contributed by atoms with Crippen molar-refractivity contribution in [1.82, 2.24) is 25.1 Å². The summed E-state index contributed by atoms with van der Waals surface area (Å²) in [6.07, 6.45) is -8.50. The number of anilines is 1. The number of rotatable bonds is 9. The summed E-state index contributed by atoms with van der Waals surface area (Å²) in [6.45, 7) is 2.40. The third kappa shape index (κ3) is 8.14. The summed E-state index contributed by atoms with van der Waals surface area (Å²) in [5.74, 6) is -5.85. The van der Waals surface area contributed by atoms with E-state index in [1.165, 1.54) is 43.0 Å². The number of hydrogen-bond donors (Lipinski definition) is 2. The van der Waals surface area contributed by atoms with Gasteiger partial charge >= 0.3 is 12.4 Å². The lowest BCUT2D eigenvalue weighted by atomic mass is 9.89. The van der Waals surface area contributed by atoms with E-state index in [2.05, 4.69) is 32.3 Å². The van der Waals surface area contributed by atoms with Gasteiger partial charge in [0.2, 0.25) is 5.91 Å². The molecule has 2 aromatic carbocycles. The smallest absolute Gasteiger partial charge is 0.382 e. The summed E-state index contributed by atoms with van der Waals surface area (Å²) in [5.41, 5.74) is 4.43. The molecule has 8 nitrogen and oxygen atoms in total. The van der Waals surface area contributed by atoms with Crippen LogP contribution in [0.25, 0.3) is 22.0 Å². The first-order valence-corrected chi connectivity index (χ1v) is 19.7. The minimum Gasteiger partial charge on any atom is -0.382 e. The summed E-state index contributed by atoms with van der Waals surface area (Å²) >= 11 is 7.83. The van der Waals surface area contributed by atoms with Gasteiger partial charge in [0.15, 0.2) is 5.82 Å². The summed E-state index contributed by atoms with van der Waals surface area (Å²) < 4.78 is 145. The minimum absolute atomic E-state index is 0.0229. The number of nitrogens with one attached hydrogen (secondary N) is 1. The van der Waals surface area contributed by atoms with E-state index in [9.17, 15) is 39.9 Å². The Labute approximate surface area is 339 Å². The van der Waals surface area contributed by atoms with Crippen LogP contribution >= 0.6 is 23.4 Å². The Morgan fingerprint density at radius 3 is 2.34 bits per heavy atom. The number of carbonyl (C=O) groups is 1. The first-order chi connectivity index (χ1) is 27.4. The van der Waals surface area contributed by atoms with Gasteiger partial charge in [-0.3, -0.25) is 14.5 Å². The van der Waals surface area contributed by atoms with E-state index < -0.39 is 102 Å². The zero-order valence-electron chi connectivity index (χ0n) is 31.4. The third-order valence-corrected chi connectivity index (χ3v) is 12.4. The van der Waals surface area contributed by atoms with Crippen LogP contribution in [0.4, 0.5) is 49.7 Å². The molecule has 7 rings (SSSR count). The van der Waals surface area contributed by atoms with Crippen LogP contribution < -0.4 is 11.1 Å². The Morgan fingerprint density at radius 1 is 1.05 bits per heavy atom. The highest BCUT2D eigenvalue weighted by Crippen LogP contribution is 2.70. The summed E-state index contributed by atoms with van der Waals surface area (Å²) in [7, 11) is 0. The molecule has 6 unspecified atom stereocenters. The Balaban J connectivity index is 1.37. The number of halogens is 11. The van der Waals surface area contributed by atoms with Gasteiger partial charge in [-0.2, -0.15) is 36.5 Å². The number of benzene rings is 2. The quantitative estimate of drug-likeness (QED) is 0.129. The molecule has 0 bridgehead atoms. The number of hydrogen-bond acceptors (Lipinski definition) is 7. The van der Waals surface area contributed by atoms with Gasteiger partial charge in [0.05, 0.1) is 32.4 Å². The zero-order valence-corrected chi connectivity index (χ0v) is 33.0. The molecule has 20 heteroatoms. The fourth-order valence-corrected chi connectivity index (χ4v) is 8.74. The number of thioether (sulfide) groups is 1. The highest BCUT2D eigenvalue weighted by Gasteiger charge is 2.80. The standard InChI is InChI=1S/C39H34ClF10N7OS/c1-17-27-29-33(39(48,49)50)54-56(34(29)38(46,47)30(17)27)15-26(58)53-25(13-18-11-19(41)14-20(42)12-18)31-22(6-5-21(52-31)9-10-36(2,3)59-4)23-7-8-24(40)28-32(23)57(55-35(28)51)16-37(43,44)45/h5-8,11-12,14,17,25,27,29-30,34H,13,15-16H2,1-4H3,(H2,51,55)(H,53,58). The Morgan fingerprint density at radius 2 is 1.71 bits per heavy atom. The lowest BCUT2D eigenvalue weighted by molar-refractivity contribution is -0.141. The molecule has 6 atom stereocenters. The van der Waals surface area contributed by atoms with Crippen molar-refractivity contribution in [2.75, 3.05) is 18.5 Å². The molecule has 314 valence electrons. The molecule has 0 saturated heterocycles. The minimum atomic E-state index is -5.07. The second kappa shape index (κ2) is 14.8. The van der Waals surface area contributed by atoms with Crippen LogP contribution in [0.2, 0.25) is 5.02 Å². The molecule has 1 aliphatic heterocycles. The van der Waals surface area contributed by atoms with Gasteiger partial charge in [-0.05, 0) is 80.2 Å². The molecule has 59 heavy (non-hydrogen) atoms. The number of nitrogen functional groups attached to an aromatic ring is 1. The van der Waals surface area contributed by atoms with Gasteiger partial charge in [0.1, 0.15) is 42.2 Å². The largest absolute Gasteiger partial charge is 0.431 e. The SMILES string of the molecule is CSC(C)(C)C#Cc1ccc(-c2ccc(Cl)c3c(N)nn(CC(F)(F)F)c23)c(C(Cc2cc(F)cc(F)c2)NC(=O)CN2N=C(C(F)(F)F)C3C4C(C)C4C(F)(F)C32)n1. The van der Waals surface area contributed by atoms with E-state index in [0.717, 1.165) is 12.1 Å². The summed E-state index contributed by atoms with van der Waals surface area (Å²) in [5, 5.41) is 10.3. The van der Waals surface area contributed by atoms with Crippen molar-refractivity contribution in [3.8, 4) is 23.0 Å². The topological polar surface area (TPSA) is 101 Å². The van der Waals surface area contributed by atoms with Crippen LogP contribution in [0, 0.1) is 47.1 Å². The van der Waals surface area contributed by atoms with E-state index in [-0.39, 0.29) is 49.8 Å². The van der Waals surface area contributed by atoms with Gasteiger partial charge in [0, 0.05) is 29.0 Å². The second-order valence-electron chi connectivity index (χ2n) is 15.4. The molecule has 4 aromatic rings. The number of alkyl halides is 8. The highest BCUT2D eigenvalue weighted by atomic mass is 35.5. The number of nitrogens with zero attached hydrogens (tertiary/aromatic N) is 5. The van der Waals surface area contributed by atoms with Gasteiger partial charge in [0.25, 0.3) is 5.92 Å². The lowest BCUT2D eigenvalue weighted by Gasteiger charge is -2.31. The van der Waals surface area contributed by atoms with Crippen molar-refractivity contribution in [3.63, 3.8) is 0 Å². The molecule has 2 aliphatic carbocycles. The molecule has 0 spiro atoms. The maximum atomic E-state index is 15.7. The maximum Gasteiger partial charge on any atom is 0.431 e. The number of fused-ring (bicyclic) bond motifs is 4. The first-order valence-electron chi connectivity index (χ1n) is 18.1. The Kier molecular flexibility index (Phi) is 10.6. The molecule has 3 N–H and O–H groups in total. The number of hydrazone groups is 1. The third-order valence-electron chi connectivity index (χ3n) is 11.0. The monoisotopic (exact) mass is 873 g/mol. The van der Waals surface area contributed by atoms with Gasteiger partial charge in [-0.15, -0.1) is 11.8 Å². The summed E-state index contributed by atoms with van der Waals surface area (Å²) in [6, 6.07) is 4.53. The van der Waals surface area contributed by atoms with Crippen LogP contribution in [0.5, 0.6) is 0 Å². The van der Waals surface area contributed by atoms with Gasteiger partial charge < -0.3 is 11.1 Å². The molecule has 0 radical (unpaired) electrons. The van der Waals surface area contributed by atoms with Crippen molar-refractivity contribution in [1.29, 1.82) is 0 Å². The predicted octanol–water partition coefficient (Wildman–Crippen LogP) is 8.82. The molecule has 2 saturated carbocycles. The van der Waals surface area contributed by atoms with E-state index in [1.54, 1.807) is 0 Å². The predicted molar refractivity (Wildman–Crippen MR) is 202 cm³/mol. The average Bonchev–Trinajstić information content (AvgIpc) is 3.34. The fraction of sp³-hybridized carbons (Fsp3) is 0.436. The van der Waals surface area contributed by atoms with Crippen LogP contribution in [-0.4, -0.2) is 73.3 Å². The fourth-order valence-electron chi connectivity index (χ4n) is 8.34. The van der Waals surface area contributed by atoms with Gasteiger partial charge in [-0.25, -0.2) is 22.5 Å². The molecule has 3 heterocycles. The van der Waals surface area contributed by atoms with Crippen LogP contribution in [-0.2, 0) is 17.8 Å². The second-order valence-corrected chi connectivity index (χ2v) is 17.2. The Bertz CT molecular complexity index is 2420. The number of nitrogens with two attached hydrogens (primary N) is 1. The molecular weight excluding hydrogens is 840 g/mol. The van der Waals surface area contributed by atoms with Crippen molar-refractivity contribution in [2.45, 2.75) is 68.8 Å². The average molecular weight is 874 g/mol. The van der Waals surface area contributed by atoms with Crippen LogP contribution in [0.3, 0.4) is 0 Å². The maximum absolute atomic E-state index is 15.7. The van der Waals surface area contributed by atoms with E-state index >= 15 is 8.78 Å². The first kappa shape index (κ1) is 42.4. The number of amides is 1. The van der Waals surface area contributed by atoms with E-state index in [1.807, 2.05) is 20.1 Å². The van der Waals surface area contributed by atoms with Crippen molar-refractivity contribution in [2.24, 2.45) is 28.8 Å². The molecule has 2 fully saturated rings. The highest BCUT2D eigenvalue weighted by molar-refractivity contribution is 8.00. The van der Waals surface area contributed by atoms with E-state index in [4.69, 9.17) is 17.3 Å². The van der Waals surface area contributed by atoms with Crippen LogP contribution in [0.15, 0.2) is 47.6 Å². The normalized spacial score (nSPS) is 22.7. The van der Waals surface area contributed by atoms with E-state index in [0.29, 0.717) is 15.8 Å². The molecule has 3 aliphatic rings. The number of carbonyl (C=O) groups excluding carboxylic acids is 1. The van der Waals surface area contributed by atoms with Crippen LogP contribution in [0.1, 0.15) is 43.8 Å².